The second kappa shape index (κ2) is 10.4. The second-order valence-corrected chi connectivity index (χ2v) is 11.4. The molecule has 30 heavy (non-hydrogen) atoms. The smallest absolute Gasteiger partial charge is 0.338 e. The zero-order chi connectivity index (χ0) is 22.4. The molecule has 0 bridgehead atoms. The standard InChI is InChI=1S/C19H28N2O7S2/c1-3-28-19(23)16-5-7-17(8-6-16)30(26,27)21-12-9-15(10-13-21)18(22)20-11-14-29(24,25)4-2/h5-8,15H,3-4,9-14H2,1-2H3,(H,20,22). The normalized spacial score (nSPS) is 16.2. The van der Waals surface area contributed by atoms with Gasteiger partial charge in [0.05, 0.1) is 22.8 Å². The minimum Gasteiger partial charge on any atom is -0.462 e. The number of rotatable bonds is 9. The molecule has 1 amide bonds. The average Bonchev–Trinajstić information content (AvgIpc) is 2.74. The number of nitrogens with one attached hydrogen (secondary N) is 1. The molecule has 0 spiro atoms. The molecule has 1 heterocycles. The molecule has 1 fully saturated rings. The number of hydrogen-bond acceptors (Lipinski definition) is 7. The molecule has 0 aromatic heterocycles. The Morgan fingerprint density at radius 1 is 1.07 bits per heavy atom. The van der Waals surface area contributed by atoms with E-state index in [9.17, 15) is 26.4 Å². The minimum atomic E-state index is -3.74. The highest BCUT2D eigenvalue weighted by Crippen LogP contribution is 2.24. The van der Waals surface area contributed by atoms with Crippen molar-refractivity contribution < 1.29 is 31.2 Å². The molecule has 168 valence electrons. The Bertz CT molecular complexity index is 949. The summed E-state index contributed by atoms with van der Waals surface area (Å²) in [7, 11) is -6.88. The molecule has 0 atom stereocenters. The van der Waals surface area contributed by atoms with Gasteiger partial charge in [-0.25, -0.2) is 21.6 Å². The molecule has 9 nitrogen and oxygen atoms in total. The fraction of sp³-hybridized carbons (Fsp3) is 0.579. The first-order chi connectivity index (χ1) is 14.1. The molecule has 0 unspecified atom stereocenters. The van der Waals surface area contributed by atoms with Crippen molar-refractivity contribution in [3.8, 4) is 0 Å². The lowest BCUT2D eigenvalue weighted by atomic mass is 9.97. The number of esters is 1. The summed E-state index contributed by atoms with van der Waals surface area (Å²) in [5, 5.41) is 2.63. The molecular weight excluding hydrogens is 432 g/mol. The van der Waals surface area contributed by atoms with Gasteiger partial charge in [0, 0.05) is 31.3 Å². The quantitative estimate of drug-likeness (QED) is 0.540. The number of amides is 1. The number of sulfone groups is 1. The van der Waals surface area contributed by atoms with E-state index >= 15 is 0 Å². The van der Waals surface area contributed by atoms with Crippen LogP contribution in [0.2, 0.25) is 0 Å². The third kappa shape index (κ3) is 6.26. The summed E-state index contributed by atoms with van der Waals surface area (Å²) >= 11 is 0. The van der Waals surface area contributed by atoms with Crippen LogP contribution in [0.1, 0.15) is 37.0 Å². The van der Waals surface area contributed by atoms with Crippen LogP contribution in [0.25, 0.3) is 0 Å². The van der Waals surface area contributed by atoms with Crippen molar-refractivity contribution in [3.05, 3.63) is 29.8 Å². The maximum absolute atomic E-state index is 12.8. The third-order valence-corrected chi connectivity index (χ3v) is 8.60. The van der Waals surface area contributed by atoms with Crippen LogP contribution in [0.3, 0.4) is 0 Å². The molecule has 0 radical (unpaired) electrons. The van der Waals surface area contributed by atoms with Gasteiger partial charge in [0.1, 0.15) is 0 Å². The van der Waals surface area contributed by atoms with Gasteiger partial charge in [-0.15, -0.1) is 0 Å². The van der Waals surface area contributed by atoms with Crippen LogP contribution in [0, 0.1) is 5.92 Å². The van der Waals surface area contributed by atoms with E-state index in [1.54, 1.807) is 13.8 Å². The Kier molecular flexibility index (Phi) is 8.39. The number of hydrogen-bond donors (Lipinski definition) is 1. The number of ether oxygens (including phenoxy) is 1. The summed E-state index contributed by atoms with van der Waals surface area (Å²) in [6.45, 7) is 3.90. The SMILES string of the molecule is CCOC(=O)c1ccc(S(=O)(=O)N2CCC(C(=O)NCCS(=O)(=O)CC)CC2)cc1. The highest BCUT2D eigenvalue weighted by atomic mass is 32.2. The molecular formula is C19H28N2O7S2. The maximum atomic E-state index is 12.8. The fourth-order valence-corrected chi connectivity index (χ4v) is 5.27. The van der Waals surface area contributed by atoms with Crippen LogP contribution >= 0.6 is 0 Å². The molecule has 1 aromatic rings. The first-order valence-electron chi connectivity index (χ1n) is 9.86. The number of benzene rings is 1. The van der Waals surface area contributed by atoms with Crippen molar-refractivity contribution in [3.63, 3.8) is 0 Å². The van der Waals surface area contributed by atoms with E-state index in [1.807, 2.05) is 0 Å². The topological polar surface area (TPSA) is 127 Å². The summed E-state index contributed by atoms with van der Waals surface area (Å²) in [6, 6.07) is 5.56. The van der Waals surface area contributed by atoms with E-state index in [4.69, 9.17) is 4.74 Å². The van der Waals surface area contributed by atoms with Crippen LogP contribution < -0.4 is 5.32 Å². The average molecular weight is 461 g/mol. The van der Waals surface area contributed by atoms with Crippen molar-refractivity contribution in [2.75, 3.05) is 37.7 Å². The van der Waals surface area contributed by atoms with Gasteiger partial charge in [0.25, 0.3) is 0 Å². The van der Waals surface area contributed by atoms with Crippen molar-refractivity contribution in [1.82, 2.24) is 9.62 Å². The Morgan fingerprint density at radius 3 is 2.20 bits per heavy atom. The zero-order valence-corrected chi connectivity index (χ0v) is 18.8. The van der Waals surface area contributed by atoms with Gasteiger partial charge >= 0.3 is 5.97 Å². The lowest BCUT2D eigenvalue weighted by molar-refractivity contribution is -0.125. The van der Waals surface area contributed by atoms with Crippen LogP contribution in [-0.4, -0.2) is 70.8 Å². The Labute approximate surface area is 177 Å². The number of sulfonamides is 1. The minimum absolute atomic E-state index is 0.0277. The van der Waals surface area contributed by atoms with Gasteiger partial charge < -0.3 is 10.1 Å². The monoisotopic (exact) mass is 460 g/mol. The number of carbonyl (C=O) groups is 2. The highest BCUT2D eigenvalue weighted by molar-refractivity contribution is 7.91. The zero-order valence-electron chi connectivity index (χ0n) is 17.2. The number of piperidine rings is 1. The summed E-state index contributed by atoms with van der Waals surface area (Å²) in [4.78, 5) is 24.0. The van der Waals surface area contributed by atoms with Crippen molar-refractivity contribution in [2.45, 2.75) is 31.6 Å². The largest absolute Gasteiger partial charge is 0.462 e. The lowest BCUT2D eigenvalue weighted by Crippen LogP contribution is -2.43. The molecule has 0 saturated carbocycles. The molecule has 1 aliphatic heterocycles. The van der Waals surface area contributed by atoms with Gasteiger partial charge in [0.2, 0.25) is 15.9 Å². The van der Waals surface area contributed by atoms with Crippen LogP contribution in [0.4, 0.5) is 0 Å². The Morgan fingerprint density at radius 2 is 1.67 bits per heavy atom. The molecule has 11 heteroatoms. The van der Waals surface area contributed by atoms with Crippen LogP contribution in [-0.2, 0) is 29.4 Å². The molecule has 2 rings (SSSR count). The van der Waals surface area contributed by atoms with Gasteiger partial charge in [-0.1, -0.05) is 6.92 Å². The Balaban J connectivity index is 1.92. The van der Waals surface area contributed by atoms with E-state index in [0.717, 1.165) is 0 Å². The van der Waals surface area contributed by atoms with Crippen molar-refractivity contribution in [2.24, 2.45) is 5.92 Å². The Hall–Kier alpha value is -1.98. The maximum Gasteiger partial charge on any atom is 0.338 e. The third-order valence-electron chi connectivity index (χ3n) is 4.98. The van der Waals surface area contributed by atoms with E-state index < -0.39 is 25.8 Å². The first kappa shape index (κ1) is 24.3. The fourth-order valence-electron chi connectivity index (χ4n) is 3.10. The number of carbonyl (C=O) groups excluding carboxylic acids is 2. The first-order valence-corrected chi connectivity index (χ1v) is 13.1. The summed E-state index contributed by atoms with van der Waals surface area (Å²) in [5.41, 5.74) is 0.274. The predicted octanol–water partition coefficient (Wildman–Crippen LogP) is 0.815. The van der Waals surface area contributed by atoms with E-state index in [0.29, 0.717) is 12.8 Å². The summed E-state index contributed by atoms with van der Waals surface area (Å²) in [5.74, 6) is -1.20. The van der Waals surface area contributed by atoms with E-state index in [-0.39, 0.29) is 60.0 Å². The molecule has 1 aromatic carbocycles. The molecule has 0 aliphatic carbocycles. The van der Waals surface area contributed by atoms with Crippen LogP contribution in [0.15, 0.2) is 29.2 Å². The van der Waals surface area contributed by atoms with Crippen LogP contribution in [0.5, 0.6) is 0 Å². The lowest BCUT2D eigenvalue weighted by Gasteiger charge is -2.30. The summed E-state index contributed by atoms with van der Waals surface area (Å²) in [6.07, 6.45) is 0.707. The van der Waals surface area contributed by atoms with Gasteiger partial charge in [-0.05, 0) is 44.0 Å². The van der Waals surface area contributed by atoms with E-state index in [1.165, 1.54) is 28.6 Å². The van der Waals surface area contributed by atoms with Crippen molar-refractivity contribution >= 4 is 31.7 Å². The van der Waals surface area contributed by atoms with Crippen molar-refractivity contribution in [1.29, 1.82) is 0 Å². The van der Waals surface area contributed by atoms with Gasteiger partial charge in [0.15, 0.2) is 9.84 Å². The molecule has 1 N–H and O–H groups in total. The second-order valence-electron chi connectivity index (χ2n) is 6.95. The molecule has 1 saturated heterocycles. The van der Waals surface area contributed by atoms with Gasteiger partial charge in [-0.3, -0.25) is 4.79 Å². The highest BCUT2D eigenvalue weighted by Gasteiger charge is 2.32. The van der Waals surface area contributed by atoms with Gasteiger partial charge in [-0.2, -0.15) is 4.31 Å². The van der Waals surface area contributed by atoms with E-state index in [2.05, 4.69) is 5.32 Å². The molecule has 1 aliphatic rings. The predicted molar refractivity (Wildman–Crippen MR) is 111 cm³/mol. The summed E-state index contributed by atoms with van der Waals surface area (Å²) < 4.78 is 54.8. The number of nitrogens with zero attached hydrogens (tertiary/aromatic N) is 1.